The summed E-state index contributed by atoms with van der Waals surface area (Å²) in [6, 6.07) is 2.11. The van der Waals surface area contributed by atoms with Gasteiger partial charge in [0.15, 0.2) is 5.76 Å². The van der Waals surface area contributed by atoms with Gasteiger partial charge in [0.25, 0.3) is 0 Å². The molecule has 4 nitrogen and oxygen atoms in total. The smallest absolute Gasteiger partial charge is 0.152 e. The molecule has 0 aromatic rings. The lowest BCUT2D eigenvalue weighted by Crippen LogP contribution is -2.31. The third kappa shape index (κ3) is 1.88. The molecule has 0 unspecified atom stereocenters. The molecule has 14 heavy (non-hydrogen) atoms. The quantitative estimate of drug-likeness (QED) is 0.709. The van der Waals surface area contributed by atoms with Gasteiger partial charge in [-0.1, -0.05) is 0 Å². The van der Waals surface area contributed by atoms with Gasteiger partial charge in [0.05, 0.1) is 25.4 Å². The second-order valence-corrected chi connectivity index (χ2v) is 3.36. The fourth-order valence-corrected chi connectivity index (χ4v) is 1.30. The number of ether oxygens (including phenoxy) is 2. The molecule has 0 radical (unpaired) electrons. The van der Waals surface area contributed by atoms with E-state index in [-0.39, 0.29) is 0 Å². The van der Waals surface area contributed by atoms with Crippen LogP contribution in [-0.2, 0) is 9.47 Å². The maximum atomic E-state index is 8.81. The SMILES string of the molecule is N#CC1=CCNC=C1OCC1COC1. The van der Waals surface area contributed by atoms with Crippen LogP contribution in [0.3, 0.4) is 0 Å². The van der Waals surface area contributed by atoms with E-state index in [1.807, 2.05) is 6.08 Å². The summed E-state index contributed by atoms with van der Waals surface area (Å²) >= 11 is 0. The van der Waals surface area contributed by atoms with E-state index >= 15 is 0 Å². The molecular weight excluding hydrogens is 180 g/mol. The minimum atomic E-state index is 0.484. The minimum Gasteiger partial charge on any atom is -0.490 e. The van der Waals surface area contributed by atoms with Gasteiger partial charge in [0.2, 0.25) is 0 Å². The van der Waals surface area contributed by atoms with Gasteiger partial charge in [0.1, 0.15) is 6.07 Å². The maximum Gasteiger partial charge on any atom is 0.152 e. The van der Waals surface area contributed by atoms with Crippen molar-refractivity contribution in [2.24, 2.45) is 5.92 Å². The van der Waals surface area contributed by atoms with Crippen molar-refractivity contribution in [3.8, 4) is 6.07 Å². The highest BCUT2D eigenvalue weighted by molar-refractivity contribution is 5.40. The van der Waals surface area contributed by atoms with E-state index < -0.39 is 0 Å². The number of dihydropyridines is 1. The first-order chi connectivity index (χ1) is 6.90. The molecule has 0 aliphatic carbocycles. The summed E-state index contributed by atoms with van der Waals surface area (Å²) in [7, 11) is 0. The molecule has 0 atom stereocenters. The lowest BCUT2D eigenvalue weighted by atomic mass is 10.1. The van der Waals surface area contributed by atoms with Gasteiger partial charge in [-0.2, -0.15) is 5.26 Å². The number of rotatable bonds is 3. The molecule has 1 saturated heterocycles. The third-order valence-corrected chi connectivity index (χ3v) is 2.22. The van der Waals surface area contributed by atoms with E-state index in [2.05, 4.69) is 11.4 Å². The molecule has 2 aliphatic rings. The zero-order valence-corrected chi connectivity index (χ0v) is 7.82. The Hall–Kier alpha value is -1.47. The van der Waals surface area contributed by atoms with Crippen molar-refractivity contribution in [1.82, 2.24) is 5.32 Å². The van der Waals surface area contributed by atoms with E-state index in [0.717, 1.165) is 13.2 Å². The normalized spacial score (nSPS) is 21.1. The predicted molar refractivity (Wildman–Crippen MR) is 50.0 cm³/mol. The van der Waals surface area contributed by atoms with Gasteiger partial charge in [-0.3, -0.25) is 0 Å². The number of hydrogen-bond donors (Lipinski definition) is 1. The Morgan fingerprint density at radius 1 is 1.64 bits per heavy atom. The highest BCUT2D eigenvalue weighted by Crippen LogP contribution is 2.17. The summed E-state index contributed by atoms with van der Waals surface area (Å²) < 4.78 is 10.6. The second kappa shape index (κ2) is 4.16. The van der Waals surface area contributed by atoms with Crippen LogP contribution in [0.15, 0.2) is 23.6 Å². The fourth-order valence-electron chi connectivity index (χ4n) is 1.30. The Bertz CT molecular complexity index is 311. The van der Waals surface area contributed by atoms with Gasteiger partial charge >= 0.3 is 0 Å². The highest BCUT2D eigenvalue weighted by Gasteiger charge is 2.20. The first kappa shape index (κ1) is 9.10. The highest BCUT2D eigenvalue weighted by atomic mass is 16.5. The number of nitrogens with one attached hydrogen (secondary N) is 1. The largest absolute Gasteiger partial charge is 0.490 e. The van der Waals surface area contributed by atoms with E-state index in [1.54, 1.807) is 6.20 Å². The Balaban J connectivity index is 1.86. The molecule has 0 saturated carbocycles. The first-order valence-electron chi connectivity index (χ1n) is 4.65. The molecular formula is C10H12N2O2. The van der Waals surface area contributed by atoms with Crippen molar-refractivity contribution in [3.63, 3.8) is 0 Å². The van der Waals surface area contributed by atoms with Crippen LogP contribution < -0.4 is 5.32 Å². The maximum absolute atomic E-state index is 8.81. The van der Waals surface area contributed by atoms with Crippen molar-refractivity contribution in [3.05, 3.63) is 23.6 Å². The van der Waals surface area contributed by atoms with E-state index in [9.17, 15) is 0 Å². The monoisotopic (exact) mass is 192 g/mol. The molecule has 2 heterocycles. The topological polar surface area (TPSA) is 54.3 Å². The molecule has 0 aromatic carbocycles. The molecule has 4 heteroatoms. The first-order valence-corrected chi connectivity index (χ1v) is 4.65. The second-order valence-electron chi connectivity index (χ2n) is 3.36. The van der Waals surface area contributed by atoms with Crippen LogP contribution in [0.25, 0.3) is 0 Å². The average Bonchev–Trinajstić information content (AvgIpc) is 2.16. The Labute approximate surface area is 82.8 Å². The molecule has 2 aliphatic heterocycles. The molecule has 0 aromatic heterocycles. The van der Waals surface area contributed by atoms with Crippen LogP contribution in [-0.4, -0.2) is 26.4 Å². The number of nitrogens with zero attached hydrogens (tertiary/aromatic N) is 1. The van der Waals surface area contributed by atoms with Crippen molar-refractivity contribution in [2.45, 2.75) is 0 Å². The number of hydrogen-bond acceptors (Lipinski definition) is 4. The van der Waals surface area contributed by atoms with Gasteiger partial charge < -0.3 is 14.8 Å². The van der Waals surface area contributed by atoms with Crippen molar-refractivity contribution >= 4 is 0 Å². The van der Waals surface area contributed by atoms with E-state index in [1.165, 1.54) is 0 Å². The van der Waals surface area contributed by atoms with Crippen LogP contribution in [0.2, 0.25) is 0 Å². The predicted octanol–water partition coefficient (Wildman–Crippen LogP) is 0.544. The summed E-state index contributed by atoms with van der Waals surface area (Å²) in [4.78, 5) is 0. The summed E-state index contributed by atoms with van der Waals surface area (Å²) in [6.07, 6.45) is 3.57. The lowest BCUT2D eigenvalue weighted by Gasteiger charge is -2.26. The zero-order valence-electron chi connectivity index (χ0n) is 7.82. The van der Waals surface area contributed by atoms with Crippen molar-refractivity contribution in [2.75, 3.05) is 26.4 Å². The summed E-state index contributed by atoms with van der Waals surface area (Å²) in [5.74, 6) is 1.13. The van der Waals surface area contributed by atoms with Crippen LogP contribution >= 0.6 is 0 Å². The zero-order chi connectivity index (χ0) is 9.80. The lowest BCUT2D eigenvalue weighted by molar-refractivity contribution is -0.0605. The van der Waals surface area contributed by atoms with Gasteiger partial charge in [-0.05, 0) is 6.08 Å². The fraction of sp³-hybridized carbons (Fsp3) is 0.500. The molecule has 1 fully saturated rings. The third-order valence-electron chi connectivity index (χ3n) is 2.22. The summed E-state index contributed by atoms with van der Waals surface area (Å²) in [5, 5.41) is 11.8. The van der Waals surface area contributed by atoms with E-state index in [4.69, 9.17) is 14.7 Å². The molecule has 2 rings (SSSR count). The summed E-state index contributed by atoms with van der Waals surface area (Å²) in [6.45, 7) is 2.87. The van der Waals surface area contributed by atoms with Crippen molar-refractivity contribution in [1.29, 1.82) is 5.26 Å². The van der Waals surface area contributed by atoms with E-state index in [0.29, 0.717) is 30.4 Å². The molecule has 74 valence electrons. The molecule has 0 amide bonds. The van der Waals surface area contributed by atoms with Crippen molar-refractivity contribution < 1.29 is 9.47 Å². The Morgan fingerprint density at radius 3 is 3.14 bits per heavy atom. The van der Waals surface area contributed by atoms with Gasteiger partial charge in [0, 0.05) is 18.7 Å². The minimum absolute atomic E-state index is 0.484. The Kier molecular flexibility index (Phi) is 2.70. The molecule has 1 N–H and O–H groups in total. The van der Waals surface area contributed by atoms with Gasteiger partial charge in [-0.25, -0.2) is 0 Å². The van der Waals surface area contributed by atoms with Crippen LogP contribution in [0.5, 0.6) is 0 Å². The Morgan fingerprint density at radius 2 is 2.50 bits per heavy atom. The molecule has 0 bridgehead atoms. The molecule has 0 spiro atoms. The van der Waals surface area contributed by atoms with Crippen LogP contribution in [0.1, 0.15) is 0 Å². The van der Waals surface area contributed by atoms with Crippen LogP contribution in [0, 0.1) is 17.2 Å². The number of nitriles is 1. The number of allylic oxidation sites excluding steroid dienone is 1. The standard InChI is InChI=1S/C10H12N2O2/c11-3-9-1-2-12-4-10(9)14-7-8-5-13-6-8/h1,4,8,12H,2,5-7H2. The van der Waals surface area contributed by atoms with Crippen LogP contribution in [0.4, 0.5) is 0 Å². The summed E-state index contributed by atoms with van der Waals surface area (Å²) in [5.41, 5.74) is 0.615. The average molecular weight is 192 g/mol. The van der Waals surface area contributed by atoms with Gasteiger partial charge in [-0.15, -0.1) is 0 Å².